The highest BCUT2D eigenvalue weighted by molar-refractivity contribution is 7.99. The van der Waals surface area contributed by atoms with Crippen molar-refractivity contribution in [3.63, 3.8) is 0 Å². The maximum atomic E-state index is 4.51. The third kappa shape index (κ3) is 2.58. The number of nitrogens with zero attached hydrogens (tertiary/aromatic N) is 2. The van der Waals surface area contributed by atoms with Gasteiger partial charge in [-0.3, -0.25) is 4.90 Å². The minimum Gasteiger partial charge on any atom is -0.299 e. The van der Waals surface area contributed by atoms with Crippen molar-refractivity contribution in [2.45, 2.75) is 37.3 Å². The molecular formula is C13H20N2S. The lowest BCUT2D eigenvalue weighted by atomic mass is 9.97. The normalized spacial score (nSPS) is 22.2. The Labute approximate surface area is 102 Å². The monoisotopic (exact) mass is 236 g/mol. The summed E-state index contributed by atoms with van der Waals surface area (Å²) >= 11 is 1.86. The molecule has 0 saturated carbocycles. The number of hydrogen-bond acceptors (Lipinski definition) is 3. The Hall–Kier alpha value is -0.540. The van der Waals surface area contributed by atoms with Gasteiger partial charge >= 0.3 is 0 Å². The Kier molecular flexibility index (Phi) is 4.24. The van der Waals surface area contributed by atoms with E-state index in [-0.39, 0.29) is 0 Å². The van der Waals surface area contributed by atoms with Gasteiger partial charge in [-0.05, 0) is 38.3 Å². The standard InChI is InChI=1S/C13H20N2S/c1-3-16-13-11(7-6-9-14-13)12-8-4-5-10-15(12)2/h6-7,9,12H,3-5,8,10H2,1-2H3/t12-/m0/s1. The molecule has 0 radical (unpaired) electrons. The summed E-state index contributed by atoms with van der Waals surface area (Å²) in [5, 5.41) is 1.23. The van der Waals surface area contributed by atoms with Crippen LogP contribution in [-0.2, 0) is 0 Å². The number of piperidine rings is 1. The molecule has 2 rings (SSSR count). The number of pyridine rings is 1. The number of hydrogen-bond donors (Lipinski definition) is 0. The van der Waals surface area contributed by atoms with E-state index in [1.54, 1.807) is 0 Å². The van der Waals surface area contributed by atoms with Gasteiger partial charge in [-0.15, -0.1) is 11.8 Å². The molecule has 88 valence electrons. The first-order valence-electron chi connectivity index (χ1n) is 6.11. The molecule has 0 unspecified atom stereocenters. The van der Waals surface area contributed by atoms with Crippen molar-refractivity contribution in [2.24, 2.45) is 0 Å². The van der Waals surface area contributed by atoms with Crippen LogP contribution in [0.2, 0.25) is 0 Å². The third-order valence-electron chi connectivity index (χ3n) is 3.21. The molecule has 1 fully saturated rings. The van der Waals surface area contributed by atoms with Crippen LogP contribution in [0.5, 0.6) is 0 Å². The molecule has 1 aliphatic heterocycles. The van der Waals surface area contributed by atoms with Gasteiger partial charge in [0.15, 0.2) is 0 Å². The van der Waals surface area contributed by atoms with Crippen LogP contribution < -0.4 is 0 Å². The van der Waals surface area contributed by atoms with E-state index in [0.29, 0.717) is 6.04 Å². The topological polar surface area (TPSA) is 16.1 Å². The second kappa shape index (κ2) is 5.69. The maximum Gasteiger partial charge on any atom is 0.101 e. The van der Waals surface area contributed by atoms with Crippen LogP contribution in [0.25, 0.3) is 0 Å². The zero-order valence-electron chi connectivity index (χ0n) is 10.1. The van der Waals surface area contributed by atoms with Gasteiger partial charge in [0.25, 0.3) is 0 Å². The molecule has 0 amide bonds. The summed E-state index contributed by atoms with van der Waals surface area (Å²) in [5.74, 6) is 1.10. The Morgan fingerprint density at radius 2 is 2.38 bits per heavy atom. The molecule has 0 aliphatic carbocycles. The van der Waals surface area contributed by atoms with E-state index < -0.39 is 0 Å². The zero-order valence-corrected chi connectivity index (χ0v) is 11.0. The van der Waals surface area contributed by atoms with Crippen molar-refractivity contribution in [3.05, 3.63) is 23.9 Å². The Bertz CT molecular complexity index is 340. The molecular weight excluding hydrogens is 216 g/mol. The number of likely N-dealkylation sites (tertiary alicyclic amines) is 1. The van der Waals surface area contributed by atoms with Crippen LogP contribution in [0.4, 0.5) is 0 Å². The van der Waals surface area contributed by atoms with Gasteiger partial charge in [0.1, 0.15) is 5.03 Å². The van der Waals surface area contributed by atoms with Crippen LogP contribution >= 0.6 is 11.8 Å². The molecule has 0 aromatic carbocycles. The first-order valence-corrected chi connectivity index (χ1v) is 7.09. The van der Waals surface area contributed by atoms with E-state index >= 15 is 0 Å². The average molecular weight is 236 g/mol. The molecule has 16 heavy (non-hydrogen) atoms. The van der Waals surface area contributed by atoms with E-state index in [2.05, 4.69) is 36.0 Å². The van der Waals surface area contributed by atoms with Crippen molar-refractivity contribution in [2.75, 3.05) is 19.3 Å². The van der Waals surface area contributed by atoms with Gasteiger partial charge in [-0.25, -0.2) is 4.98 Å². The molecule has 0 bridgehead atoms. The van der Waals surface area contributed by atoms with Crippen LogP contribution in [0.15, 0.2) is 23.4 Å². The first-order chi connectivity index (χ1) is 7.83. The maximum absolute atomic E-state index is 4.51. The van der Waals surface area contributed by atoms with Gasteiger partial charge in [-0.1, -0.05) is 19.4 Å². The van der Waals surface area contributed by atoms with Crippen molar-refractivity contribution in [1.82, 2.24) is 9.88 Å². The van der Waals surface area contributed by atoms with Crippen molar-refractivity contribution >= 4 is 11.8 Å². The Morgan fingerprint density at radius 3 is 3.12 bits per heavy atom. The summed E-state index contributed by atoms with van der Waals surface area (Å²) in [6, 6.07) is 4.89. The fourth-order valence-electron chi connectivity index (χ4n) is 2.38. The van der Waals surface area contributed by atoms with E-state index in [9.17, 15) is 0 Å². The van der Waals surface area contributed by atoms with Crippen molar-refractivity contribution < 1.29 is 0 Å². The molecule has 2 nitrogen and oxygen atoms in total. The molecule has 1 aromatic rings. The molecule has 0 N–H and O–H groups in total. The van der Waals surface area contributed by atoms with Gasteiger partial charge < -0.3 is 0 Å². The molecule has 1 saturated heterocycles. The highest BCUT2D eigenvalue weighted by Gasteiger charge is 2.23. The molecule has 3 heteroatoms. The summed E-state index contributed by atoms with van der Waals surface area (Å²) in [6.45, 7) is 3.41. The molecule has 1 atom stereocenters. The summed E-state index contributed by atoms with van der Waals surface area (Å²) in [6.07, 6.45) is 5.87. The second-order valence-electron chi connectivity index (χ2n) is 4.32. The highest BCUT2D eigenvalue weighted by Crippen LogP contribution is 2.34. The molecule has 0 spiro atoms. The van der Waals surface area contributed by atoms with E-state index in [1.165, 1.54) is 36.4 Å². The van der Waals surface area contributed by atoms with E-state index in [4.69, 9.17) is 0 Å². The largest absolute Gasteiger partial charge is 0.299 e. The van der Waals surface area contributed by atoms with E-state index in [0.717, 1.165) is 5.75 Å². The van der Waals surface area contributed by atoms with Crippen LogP contribution in [0, 0.1) is 0 Å². The lowest BCUT2D eigenvalue weighted by molar-refractivity contribution is 0.184. The lowest BCUT2D eigenvalue weighted by Crippen LogP contribution is -2.30. The van der Waals surface area contributed by atoms with Gasteiger partial charge in [0, 0.05) is 17.8 Å². The number of rotatable bonds is 3. The van der Waals surface area contributed by atoms with Crippen LogP contribution in [-0.4, -0.2) is 29.2 Å². The first kappa shape index (κ1) is 11.9. The predicted octanol–water partition coefficient (Wildman–Crippen LogP) is 3.35. The van der Waals surface area contributed by atoms with Gasteiger partial charge in [0.05, 0.1) is 0 Å². The summed E-state index contributed by atoms with van der Waals surface area (Å²) < 4.78 is 0. The van der Waals surface area contributed by atoms with Crippen molar-refractivity contribution in [3.8, 4) is 0 Å². The number of aromatic nitrogens is 1. The lowest BCUT2D eigenvalue weighted by Gasteiger charge is -2.33. The van der Waals surface area contributed by atoms with Crippen LogP contribution in [0.1, 0.15) is 37.8 Å². The minimum atomic E-state index is 0.580. The molecule has 1 aliphatic rings. The summed E-state index contributed by atoms with van der Waals surface area (Å²) in [4.78, 5) is 6.99. The number of thioether (sulfide) groups is 1. The summed E-state index contributed by atoms with van der Waals surface area (Å²) in [5.41, 5.74) is 1.43. The average Bonchev–Trinajstić information content (AvgIpc) is 2.31. The third-order valence-corrected chi connectivity index (χ3v) is 4.11. The van der Waals surface area contributed by atoms with Gasteiger partial charge in [0.2, 0.25) is 0 Å². The zero-order chi connectivity index (χ0) is 11.4. The van der Waals surface area contributed by atoms with Crippen LogP contribution in [0.3, 0.4) is 0 Å². The molecule has 1 aromatic heterocycles. The Morgan fingerprint density at radius 1 is 1.50 bits per heavy atom. The summed E-state index contributed by atoms with van der Waals surface area (Å²) in [7, 11) is 2.23. The minimum absolute atomic E-state index is 0.580. The SMILES string of the molecule is CCSc1ncccc1[C@@H]1CCCCN1C. The van der Waals surface area contributed by atoms with Crippen molar-refractivity contribution in [1.29, 1.82) is 0 Å². The van der Waals surface area contributed by atoms with Gasteiger partial charge in [-0.2, -0.15) is 0 Å². The van der Waals surface area contributed by atoms with E-state index in [1.807, 2.05) is 18.0 Å². The highest BCUT2D eigenvalue weighted by atomic mass is 32.2. The fraction of sp³-hybridized carbons (Fsp3) is 0.615. The fourth-order valence-corrected chi connectivity index (χ4v) is 3.16. The predicted molar refractivity (Wildman–Crippen MR) is 69.9 cm³/mol. The Balaban J connectivity index is 2.23. The smallest absolute Gasteiger partial charge is 0.101 e. The molecule has 2 heterocycles. The second-order valence-corrected chi connectivity index (χ2v) is 5.58. The quantitative estimate of drug-likeness (QED) is 0.749.